The molecule has 0 unspecified atom stereocenters. The van der Waals surface area contributed by atoms with Gasteiger partial charge in [0.2, 0.25) is 70.9 Å². The lowest BCUT2D eigenvalue weighted by Crippen LogP contribution is -2.60. The maximum Gasteiger partial charge on any atom is 0.303 e. The van der Waals surface area contributed by atoms with E-state index in [1.54, 1.807) is 102 Å². The van der Waals surface area contributed by atoms with E-state index >= 15 is 0 Å². The Morgan fingerprint density at radius 3 is 1.65 bits per heavy atom. The number of amides is 12. The van der Waals surface area contributed by atoms with Gasteiger partial charge in [-0.1, -0.05) is 83.0 Å². The van der Waals surface area contributed by atoms with Gasteiger partial charge in [-0.3, -0.25) is 71.8 Å². The van der Waals surface area contributed by atoms with E-state index in [9.17, 15) is 82.4 Å². The number of carboxylic acid groups (broad SMARTS) is 2. The Morgan fingerprint density at radius 2 is 1.11 bits per heavy atom. The van der Waals surface area contributed by atoms with Crippen LogP contribution in [-0.4, -0.2) is 221 Å². The maximum absolute atomic E-state index is 15.0. The van der Waals surface area contributed by atoms with Gasteiger partial charge in [0.15, 0.2) is 0 Å². The van der Waals surface area contributed by atoms with Gasteiger partial charge in [-0.2, -0.15) is 11.8 Å². The minimum Gasteiger partial charge on any atom is -0.481 e. The SMILES string of the molecule is CC[C@@H]1NC(=O)[C@H](CC(C)C)NC(=O)[C@H](CCC(=O)O)NC(=O)CNC(=O)[C@H](CC(C)C)NC(=O)[C@H](Cc2c[nH]cn2)NC(=O)[C@H](Cc2c[nH]c3ccccc23)NC(=O)[C@H](C)NC(=O)[C@@H](NC(=O)[C@H](CCC(=O)O)NSC)CSCC[C@@H](C(=O)NC[C@@H](C)O)NC(=O)[C@H](Cc2c[nH]c3ccccc23)NC1=O. The van der Waals surface area contributed by atoms with Crippen molar-refractivity contribution >= 4 is 128 Å². The number of hydrogen-bond donors (Lipinski definition) is 19. The standard InChI is InChI=1S/C70H99N17O17S2/c1-9-45-63(97)84-54(27-41-31-73-47-17-13-11-15-44(41)47)67(101)80-49(61(95)74-29-38(6)88)22-23-106-34-56(86-65(99)50(87-105-8)19-21-59(92)93)70(104)77-39(7)60(94)81-53(26-40-30-72-46-16-12-10-14-43(40)46)68(102)85-55(28-42-32-71-35-76-42)69(103)82-51(24-36(2)3)62(96)75-33-57(89)78-48(18-20-58(90)91)64(98)83-52(25-37(4)5)66(100)79-45/h10-17,30-32,35-39,45,48-56,72-73,87-88H,9,18-29,33-34H2,1-8H3,(H,71,76)(H,74,95)(H,75,96)(H,77,104)(H,78,89)(H,79,100)(H,80,101)(H,81,94)(H,82,103)(H,83,98)(H,84,97)(H,85,102)(H,86,99)(H,90,91)(H,92,93)/t38-,39+,45+,48+,49+,50+,51+,52+,53+,54+,55+,56+/m1/s1. The minimum atomic E-state index is -1.62. The fourth-order valence-corrected chi connectivity index (χ4v) is 13.1. The number of hydrogen-bond acceptors (Lipinski definition) is 19. The van der Waals surface area contributed by atoms with Crippen molar-refractivity contribution < 1.29 is 82.4 Å². The molecule has 12 atom stereocenters. The molecule has 0 saturated carbocycles. The number of nitrogens with zero attached hydrogens (tertiary/aromatic N) is 1. The highest BCUT2D eigenvalue weighted by Gasteiger charge is 2.37. The smallest absolute Gasteiger partial charge is 0.303 e. The van der Waals surface area contributed by atoms with Crippen molar-refractivity contribution in [3.63, 3.8) is 0 Å². The van der Waals surface area contributed by atoms with Crippen molar-refractivity contribution in [3.05, 3.63) is 90.3 Å². The van der Waals surface area contributed by atoms with Crippen LogP contribution in [0.3, 0.4) is 0 Å². The van der Waals surface area contributed by atoms with Crippen LogP contribution in [0.1, 0.15) is 117 Å². The monoisotopic (exact) mass is 1510 g/mol. The predicted octanol–water partition coefficient (Wildman–Crippen LogP) is -0.514. The van der Waals surface area contributed by atoms with Gasteiger partial charge in [-0.05, 0) is 99.5 Å². The Kier molecular flexibility index (Phi) is 33.8. The zero-order valence-electron chi connectivity index (χ0n) is 60.4. The van der Waals surface area contributed by atoms with E-state index in [2.05, 4.69) is 88.5 Å². The quantitative estimate of drug-likeness (QED) is 0.0346. The fourth-order valence-electron chi connectivity index (χ4n) is 11.6. The number of carbonyl (C=O) groups excluding carboxylic acids is 12. The lowest BCUT2D eigenvalue weighted by atomic mass is 10.0. The summed E-state index contributed by atoms with van der Waals surface area (Å²) in [5, 5.41) is 62.5. The molecule has 1 fully saturated rings. The molecule has 0 radical (unpaired) electrons. The van der Waals surface area contributed by atoms with E-state index < -0.39 is 181 Å². The molecule has 1 aliphatic heterocycles. The van der Waals surface area contributed by atoms with Crippen molar-refractivity contribution in [2.45, 2.75) is 192 Å². The molecule has 0 spiro atoms. The predicted molar refractivity (Wildman–Crippen MR) is 394 cm³/mol. The van der Waals surface area contributed by atoms with Crippen LogP contribution >= 0.6 is 23.7 Å². The number of aliphatic carboxylic acids is 2. The third-order valence-electron chi connectivity index (χ3n) is 17.2. The molecule has 19 N–H and O–H groups in total. The highest BCUT2D eigenvalue weighted by molar-refractivity contribution is 7.99. The largest absolute Gasteiger partial charge is 0.481 e. The molecular weight excluding hydrogens is 1420 g/mol. The van der Waals surface area contributed by atoms with E-state index in [0.29, 0.717) is 32.9 Å². The zero-order chi connectivity index (χ0) is 77.7. The lowest BCUT2D eigenvalue weighted by molar-refractivity contribution is -0.139. The summed E-state index contributed by atoms with van der Waals surface area (Å²) in [5.74, 6) is -14.2. The van der Waals surface area contributed by atoms with Gasteiger partial charge in [0.25, 0.3) is 0 Å². The van der Waals surface area contributed by atoms with E-state index in [-0.39, 0.29) is 86.9 Å². The molecule has 578 valence electrons. The van der Waals surface area contributed by atoms with Crippen molar-refractivity contribution in [1.82, 2.24) is 88.5 Å². The first kappa shape index (κ1) is 84.9. The number of para-hydroxylation sites is 2. The van der Waals surface area contributed by atoms with Crippen LogP contribution in [0.15, 0.2) is 73.4 Å². The molecule has 4 heterocycles. The van der Waals surface area contributed by atoms with Gasteiger partial charge in [0, 0.05) is 84.8 Å². The highest BCUT2D eigenvalue weighted by atomic mass is 32.2. The zero-order valence-corrected chi connectivity index (χ0v) is 62.1. The van der Waals surface area contributed by atoms with Crippen LogP contribution in [-0.2, 0) is 86.4 Å². The van der Waals surface area contributed by atoms with Gasteiger partial charge in [0.1, 0.15) is 60.4 Å². The molecule has 0 bridgehead atoms. The van der Waals surface area contributed by atoms with E-state index in [0.717, 1.165) is 23.7 Å². The Labute approximate surface area is 621 Å². The van der Waals surface area contributed by atoms with E-state index in [1.165, 1.54) is 26.4 Å². The Balaban J connectivity index is 1.42. The second kappa shape index (κ2) is 42.2. The van der Waals surface area contributed by atoms with Crippen LogP contribution in [0.5, 0.6) is 0 Å². The number of H-pyrrole nitrogens is 3. The summed E-state index contributed by atoms with van der Waals surface area (Å²) in [5.41, 5.74) is 2.74. The molecule has 106 heavy (non-hydrogen) atoms. The molecule has 0 aliphatic carbocycles. The first-order valence-electron chi connectivity index (χ1n) is 35.1. The molecule has 1 saturated heterocycles. The van der Waals surface area contributed by atoms with Crippen LogP contribution in [0.4, 0.5) is 0 Å². The molecule has 12 amide bonds. The number of benzene rings is 2. The van der Waals surface area contributed by atoms with Crippen LogP contribution in [0.2, 0.25) is 0 Å². The van der Waals surface area contributed by atoms with Gasteiger partial charge >= 0.3 is 11.9 Å². The summed E-state index contributed by atoms with van der Waals surface area (Å²) in [6.45, 7) is 10.2. The second-order valence-corrected chi connectivity index (χ2v) is 28.6. The van der Waals surface area contributed by atoms with E-state index in [4.69, 9.17) is 0 Å². The Morgan fingerprint density at radius 1 is 0.604 bits per heavy atom. The number of nitrogens with one attached hydrogen (secondary N) is 16. The molecule has 2 aromatic carbocycles. The summed E-state index contributed by atoms with van der Waals surface area (Å²) >= 11 is 2.03. The third-order valence-corrected chi connectivity index (χ3v) is 18.8. The summed E-state index contributed by atoms with van der Waals surface area (Å²) in [6, 6.07) is -1.64. The number of rotatable bonds is 24. The highest BCUT2D eigenvalue weighted by Crippen LogP contribution is 2.22. The number of imidazole rings is 1. The average molecular weight is 1510 g/mol. The number of aromatic nitrogens is 4. The molecule has 5 aromatic rings. The molecule has 6 rings (SSSR count). The maximum atomic E-state index is 15.0. The molecular formula is C70H99N17O17S2. The topological polar surface area (TPSA) is 516 Å². The number of thioether (sulfide) groups is 1. The minimum absolute atomic E-state index is 0.0243. The van der Waals surface area contributed by atoms with Crippen molar-refractivity contribution in [1.29, 1.82) is 0 Å². The normalized spacial score (nSPS) is 23.0. The van der Waals surface area contributed by atoms with Gasteiger partial charge < -0.3 is 94.1 Å². The Hall–Kier alpha value is -10.1. The van der Waals surface area contributed by atoms with Gasteiger partial charge in [0.05, 0.1) is 30.7 Å². The molecule has 3 aromatic heterocycles. The number of carbonyl (C=O) groups is 14. The summed E-state index contributed by atoms with van der Waals surface area (Å²) in [6.07, 6.45) is 3.81. The Bertz CT molecular complexity index is 3870. The van der Waals surface area contributed by atoms with Crippen molar-refractivity contribution in [2.75, 3.05) is 30.9 Å². The molecule has 34 nitrogen and oxygen atoms in total. The number of carboxylic acids is 2. The average Bonchev–Trinajstić information content (AvgIpc) is 1.66. The summed E-state index contributed by atoms with van der Waals surface area (Å²) < 4.78 is 2.84. The lowest BCUT2D eigenvalue weighted by Gasteiger charge is -2.27. The van der Waals surface area contributed by atoms with Gasteiger partial charge in [-0.25, -0.2) is 4.98 Å². The molecule has 36 heteroatoms. The first-order chi connectivity index (χ1) is 50.4. The number of aromatic amines is 3. The van der Waals surface area contributed by atoms with E-state index in [1.807, 2.05) is 0 Å². The summed E-state index contributed by atoms with van der Waals surface area (Å²) in [7, 11) is 0. The van der Waals surface area contributed by atoms with Crippen LogP contribution in [0.25, 0.3) is 21.8 Å². The third kappa shape index (κ3) is 27.1. The number of fused-ring (bicyclic) bond motifs is 2. The van der Waals surface area contributed by atoms with Gasteiger partial charge in [-0.15, -0.1) is 0 Å². The first-order valence-corrected chi connectivity index (χ1v) is 37.4. The van der Waals surface area contributed by atoms with Crippen LogP contribution in [0, 0.1) is 11.8 Å². The second-order valence-electron chi connectivity index (χ2n) is 26.8. The van der Waals surface area contributed by atoms with Crippen LogP contribution < -0.4 is 68.5 Å². The summed E-state index contributed by atoms with van der Waals surface area (Å²) in [4.78, 5) is 210. The fraction of sp³-hybridized carbons (Fsp3) is 0.529. The number of aliphatic hydroxyl groups excluding tert-OH is 1. The van der Waals surface area contributed by atoms with Crippen molar-refractivity contribution in [2.24, 2.45) is 11.8 Å². The number of aliphatic hydroxyl groups is 1. The molecule has 1 aliphatic rings. The van der Waals surface area contributed by atoms with Crippen molar-refractivity contribution in [3.8, 4) is 0 Å².